The largest absolute Gasteiger partial charge is 0.312 e. The summed E-state index contributed by atoms with van der Waals surface area (Å²) in [6.45, 7) is 13.1. The van der Waals surface area contributed by atoms with E-state index in [1.54, 1.807) is 0 Å². The molecule has 0 spiro atoms. The first-order chi connectivity index (χ1) is 10.0. The quantitative estimate of drug-likeness (QED) is 0.834. The summed E-state index contributed by atoms with van der Waals surface area (Å²) in [4.78, 5) is 4.83. The summed E-state index contributed by atoms with van der Waals surface area (Å²) < 4.78 is 0. The van der Waals surface area contributed by atoms with Crippen LogP contribution in [0.5, 0.6) is 0 Å². The van der Waals surface area contributed by atoms with Crippen LogP contribution in [0.3, 0.4) is 0 Å². The Balaban J connectivity index is 2.41. The number of pyridine rings is 1. The SMILES string of the molecule is CCc1ccc2nc(C(C)C)cc(CNCC(C)C)c2c1. The molecule has 2 rings (SSSR count). The lowest BCUT2D eigenvalue weighted by Gasteiger charge is -2.14. The lowest BCUT2D eigenvalue weighted by atomic mass is 10.0. The Kier molecular flexibility index (Phi) is 5.35. The third kappa shape index (κ3) is 4.04. The van der Waals surface area contributed by atoms with Gasteiger partial charge in [-0.3, -0.25) is 4.98 Å². The van der Waals surface area contributed by atoms with E-state index in [0.29, 0.717) is 11.8 Å². The van der Waals surface area contributed by atoms with Crippen LogP contribution in [0.15, 0.2) is 24.3 Å². The average molecular weight is 284 g/mol. The van der Waals surface area contributed by atoms with E-state index in [2.05, 4.69) is 64.2 Å². The van der Waals surface area contributed by atoms with Crippen molar-refractivity contribution < 1.29 is 0 Å². The number of nitrogens with one attached hydrogen (secondary N) is 1. The Morgan fingerprint density at radius 2 is 1.86 bits per heavy atom. The van der Waals surface area contributed by atoms with Crippen LogP contribution < -0.4 is 5.32 Å². The fraction of sp³-hybridized carbons (Fsp3) is 0.526. The molecule has 2 heteroatoms. The second-order valence-electron chi connectivity index (χ2n) is 6.59. The number of aromatic nitrogens is 1. The molecule has 0 bridgehead atoms. The Bertz CT molecular complexity index is 600. The van der Waals surface area contributed by atoms with Crippen molar-refractivity contribution in [1.29, 1.82) is 0 Å². The summed E-state index contributed by atoms with van der Waals surface area (Å²) >= 11 is 0. The van der Waals surface area contributed by atoms with Crippen LogP contribution in [0.2, 0.25) is 0 Å². The van der Waals surface area contributed by atoms with E-state index in [1.807, 2.05) is 0 Å². The van der Waals surface area contributed by atoms with E-state index in [-0.39, 0.29) is 0 Å². The van der Waals surface area contributed by atoms with Crippen LogP contribution in [-0.4, -0.2) is 11.5 Å². The molecule has 1 heterocycles. The van der Waals surface area contributed by atoms with Crippen molar-refractivity contribution in [1.82, 2.24) is 10.3 Å². The zero-order valence-electron chi connectivity index (χ0n) is 14.0. The first-order valence-corrected chi connectivity index (χ1v) is 8.14. The van der Waals surface area contributed by atoms with Crippen molar-refractivity contribution in [3.63, 3.8) is 0 Å². The first-order valence-electron chi connectivity index (χ1n) is 8.14. The molecule has 0 fully saturated rings. The number of nitrogens with zero attached hydrogens (tertiary/aromatic N) is 1. The lowest BCUT2D eigenvalue weighted by molar-refractivity contribution is 0.553. The standard InChI is InChI=1S/C19H28N2/c1-6-15-7-8-18-17(9-15)16(12-20-11-13(2)3)10-19(21-18)14(4)5/h7-10,13-14,20H,6,11-12H2,1-5H3. The molecule has 1 aromatic heterocycles. The van der Waals surface area contributed by atoms with Gasteiger partial charge in [0, 0.05) is 17.6 Å². The summed E-state index contributed by atoms with van der Waals surface area (Å²) in [5.41, 5.74) is 5.07. The fourth-order valence-corrected chi connectivity index (χ4v) is 2.52. The minimum absolute atomic E-state index is 0.462. The third-order valence-electron chi connectivity index (χ3n) is 3.85. The van der Waals surface area contributed by atoms with Gasteiger partial charge < -0.3 is 5.32 Å². The van der Waals surface area contributed by atoms with Crippen LogP contribution in [-0.2, 0) is 13.0 Å². The van der Waals surface area contributed by atoms with E-state index in [9.17, 15) is 0 Å². The predicted molar refractivity (Wildman–Crippen MR) is 91.8 cm³/mol. The van der Waals surface area contributed by atoms with Gasteiger partial charge in [0.1, 0.15) is 0 Å². The summed E-state index contributed by atoms with van der Waals surface area (Å²) in [6.07, 6.45) is 1.07. The second-order valence-corrected chi connectivity index (χ2v) is 6.59. The third-order valence-corrected chi connectivity index (χ3v) is 3.85. The van der Waals surface area contributed by atoms with Gasteiger partial charge >= 0.3 is 0 Å². The van der Waals surface area contributed by atoms with Crippen molar-refractivity contribution in [3.8, 4) is 0 Å². The smallest absolute Gasteiger partial charge is 0.0708 e. The van der Waals surface area contributed by atoms with E-state index < -0.39 is 0 Å². The Morgan fingerprint density at radius 1 is 1.10 bits per heavy atom. The maximum atomic E-state index is 4.83. The van der Waals surface area contributed by atoms with E-state index in [1.165, 1.54) is 22.2 Å². The van der Waals surface area contributed by atoms with Gasteiger partial charge in [0.05, 0.1) is 5.52 Å². The van der Waals surface area contributed by atoms with Crippen molar-refractivity contribution in [3.05, 3.63) is 41.1 Å². The highest BCUT2D eigenvalue weighted by atomic mass is 14.9. The van der Waals surface area contributed by atoms with Gasteiger partial charge in [0.2, 0.25) is 0 Å². The van der Waals surface area contributed by atoms with Gasteiger partial charge in [-0.05, 0) is 54.1 Å². The molecule has 0 aliphatic heterocycles. The van der Waals surface area contributed by atoms with Crippen molar-refractivity contribution >= 4 is 10.9 Å². The number of rotatable bonds is 6. The highest BCUT2D eigenvalue weighted by molar-refractivity contribution is 5.83. The van der Waals surface area contributed by atoms with E-state index in [4.69, 9.17) is 4.98 Å². The molecule has 2 nitrogen and oxygen atoms in total. The molecule has 0 aliphatic rings. The van der Waals surface area contributed by atoms with Crippen molar-refractivity contribution in [2.75, 3.05) is 6.54 Å². The minimum atomic E-state index is 0.462. The van der Waals surface area contributed by atoms with E-state index in [0.717, 1.165) is 25.0 Å². The van der Waals surface area contributed by atoms with Gasteiger partial charge in [0.15, 0.2) is 0 Å². The Hall–Kier alpha value is -1.41. The number of hydrogen-bond acceptors (Lipinski definition) is 2. The summed E-state index contributed by atoms with van der Waals surface area (Å²) in [6, 6.07) is 8.95. The summed E-state index contributed by atoms with van der Waals surface area (Å²) in [7, 11) is 0. The van der Waals surface area contributed by atoms with Crippen molar-refractivity contribution in [2.45, 2.75) is 53.5 Å². The zero-order chi connectivity index (χ0) is 15.4. The molecule has 1 N–H and O–H groups in total. The van der Waals surface area contributed by atoms with Crippen LogP contribution in [0.25, 0.3) is 10.9 Å². The number of hydrogen-bond donors (Lipinski definition) is 1. The molecular formula is C19H28N2. The average Bonchev–Trinajstić information content (AvgIpc) is 2.46. The van der Waals surface area contributed by atoms with Gasteiger partial charge in [-0.2, -0.15) is 0 Å². The van der Waals surface area contributed by atoms with Gasteiger partial charge in [-0.15, -0.1) is 0 Å². The highest BCUT2D eigenvalue weighted by Gasteiger charge is 2.09. The lowest BCUT2D eigenvalue weighted by Crippen LogP contribution is -2.19. The number of benzene rings is 1. The minimum Gasteiger partial charge on any atom is -0.312 e. The number of fused-ring (bicyclic) bond motifs is 1. The topological polar surface area (TPSA) is 24.9 Å². The molecule has 0 atom stereocenters. The molecule has 0 saturated heterocycles. The van der Waals surface area contributed by atoms with Gasteiger partial charge in [-0.1, -0.05) is 40.7 Å². The zero-order valence-corrected chi connectivity index (χ0v) is 14.0. The molecule has 0 amide bonds. The maximum Gasteiger partial charge on any atom is 0.0708 e. The molecule has 0 radical (unpaired) electrons. The van der Waals surface area contributed by atoms with Crippen molar-refractivity contribution in [2.24, 2.45) is 5.92 Å². The van der Waals surface area contributed by atoms with Crippen LogP contribution >= 0.6 is 0 Å². The summed E-state index contributed by atoms with van der Waals surface area (Å²) in [5.74, 6) is 1.14. The Morgan fingerprint density at radius 3 is 2.48 bits per heavy atom. The normalized spacial score (nSPS) is 11.8. The molecule has 0 unspecified atom stereocenters. The van der Waals surface area contributed by atoms with Crippen LogP contribution in [0.1, 0.15) is 57.4 Å². The van der Waals surface area contributed by atoms with Gasteiger partial charge in [-0.25, -0.2) is 0 Å². The Labute approximate surface area is 129 Å². The molecule has 21 heavy (non-hydrogen) atoms. The monoisotopic (exact) mass is 284 g/mol. The maximum absolute atomic E-state index is 4.83. The molecule has 1 aromatic carbocycles. The fourth-order valence-electron chi connectivity index (χ4n) is 2.52. The van der Waals surface area contributed by atoms with E-state index >= 15 is 0 Å². The highest BCUT2D eigenvalue weighted by Crippen LogP contribution is 2.24. The number of aryl methyl sites for hydroxylation is 1. The molecular weight excluding hydrogens is 256 g/mol. The second kappa shape index (κ2) is 7.04. The molecule has 114 valence electrons. The molecule has 2 aromatic rings. The van der Waals surface area contributed by atoms with Crippen LogP contribution in [0.4, 0.5) is 0 Å². The van der Waals surface area contributed by atoms with Crippen LogP contribution in [0, 0.1) is 5.92 Å². The first kappa shape index (κ1) is 16.0. The molecule has 0 saturated carbocycles. The van der Waals surface area contributed by atoms with Gasteiger partial charge in [0.25, 0.3) is 0 Å². The molecule has 0 aliphatic carbocycles. The summed E-state index contributed by atoms with van der Waals surface area (Å²) in [5, 5.41) is 4.87. The predicted octanol–water partition coefficient (Wildman–Crippen LogP) is 4.67.